The molecular formula is C21H17ClF2N4. The molecule has 4 rings (SSSR count). The molecule has 0 unspecified atom stereocenters. The summed E-state index contributed by atoms with van der Waals surface area (Å²) in [5.41, 5.74) is 1.53. The molecule has 0 amide bonds. The van der Waals surface area contributed by atoms with Gasteiger partial charge in [0, 0.05) is 42.5 Å². The van der Waals surface area contributed by atoms with Crippen LogP contribution in [0, 0.1) is 11.6 Å². The summed E-state index contributed by atoms with van der Waals surface area (Å²) in [6, 6.07) is 12.9. The van der Waals surface area contributed by atoms with Crippen molar-refractivity contribution < 1.29 is 8.78 Å². The van der Waals surface area contributed by atoms with Gasteiger partial charge < -0.3 is 5.32 Å². The number of anilines is 1. The number of nitrogens with one attached hydrogen (secondary N) is 1. The Morgan fingerprint density at radius 3 is 2.36 bits per heavy atom. The third kappa shape index (κ3) is 3.64. The van der Waals surface area contributed by atoms with Crippen molar-refractivity contribution in [1.29, 1.82) is 0 Å². The van der Waals surface area contributed by atoms with Gasteiger partial charge in [0.15, 0.2) is 5.82 Å². The number of fused-ring (bicyclic) bond motifs is 1. The van der Waals surface area contributed by atoms with Crippen LogP contribution in [0.2, 0.25) is 0 Å². The van der Waals surface area contributed by atoms with E-state index in [2.05, 4.69) is 31.9 Å². The first-order valence-electron chi connectivity index (χ1n) is 8.40. The van der Waals surface area contributed by atoms with Crippen LogP contribution in [0.25, 0.3) is 33.4 Å². The molecule has 7 heteroatoms. The summed E-state index contributed by atoms with van der Waals surface area (Å²) in [6.07, 6.45) is 4.77. The maximum atomic E-state index is 15.2. The minimum atomic E-state index is -0.560. The molecule has 0 aliphatic rings. The standard InChI is InChI=1S/C20H14F2N4.CH3Cl/c1-23-20-17-16(25-19(26-20)12-5-4-10-24-11-12)9-8-14(18(17)22)13-6-2-3-7-15(13)21;1-2/h2-11H,1H3,(H,23,25,26);1H3. The molecule has 2 aromatic carbocycles. The molecule has 0 fully saturated rings. The van der Waals surface area contributed by atoms with Crippen LogP contribution in [-0.2, 0) is 0 Å². The predicted octanol–water partition coefficient (Wildman–Crippen LogP) is 5.53. The zero-order valence-corrected chi connectivity index (χ0v) is 16.0. The molecule has 0 saturated heterocycles. The lowest BCUT2D eigenvalue weighted by atomic mass is 10.0. The molecular weight excluding hydrogens is 382 g/mol. The number of aromatic nitrogens is 3. The first kappa shape index (κ1) is 19.6. The summed E-state index contributed by atoms with van der Waals surface area (Å²) in [5.74, 6) is -0.267. The van der Waals surface area contributed by atoms with Gasteiger partial charge in [-0.15, -0.1) is 11.6 Å². The number of pyridine rings is 1. The fourth-order valence-corrected chi connectivity index (χ4v) is 2.88. The van der Waals surface area contributed by atoms with Crippen molar-refractivity contribution in [1.82, 2.24) is 15.0 Å². The predicted molar refractivity (Wildman–Crippen MR) is 109 cm³/mol. The first-order valence-corrected chi connectivity index (χ1v) is 9.15. The Morgan fingerprint density at radius 1 is 0.893 bits per heavy atom. The van der Waals surface area contributed by atoms with Crippen LogP contribution < -0.4 is 5.32 Å². The molecule has 142 valence electrons. The Balaban J connectivity index is 0.00000109. The highest BCUT2D eigenvalue weighted by atomic mass is 35.5. The second kappa shape index (κ2) is 8.71. The maximum Gasteiger partial charge on any atom is 0.163 e. The van der Waals surface area contributed by atoms with Crippen LogP contribution in [-0.4, -0.2) is 28.4 Å². The van der Waals surface area contributed by atoms with Gasteiger partial charge in [0.1, 0.15) is 17.5 Å². The van der Waals surface area contributed by atoms with Gasteiger partial charge in [-0.1, -0.05) is 18.2 Å². The van der Waals surface area contributed by atoms with Gasteiger partial charge in [-0.05, 0) is 30.3 Å². The summed E-state index contributed by atoms with van der Waals surface area (Å²) >= 11 is 4.64. The van der Waals surface area contributed by atoms with E-state index in [4.69, 9.17) is 0 Å². The van der Waals surface area contributed by atoms with Crippen LogP contribution in [0.1, 0.15) is 0 Å². The summed E-state index contributed by atoms with van der Waals surface area (Å²) in [7, 11) is 1.66. The molecule has 4 aromatic rings. The van der Waals surface area contributed by atoms with Crippen molar-refractivity contribution in [3.8, 4) is 22.5 Å². The van der Waals surface area contributed by atoms with E-state index in [-0.39, 0.29) is 16.5 Å². The molecule has 0 bridgehead atoms. The highest BCUT2D eigenvalue weighted by Crippen LogP contribution is 2.33. The lowest BCUT2D eigenvalue weighted by Crippen LogP contribution is -2.01. The van der Waals surface area contributed by atoms with E-state index in [1.54, 1.807) is 49.8 Å². The smallest absolute Gasteiger partial charge is 0.163 e. The number of nitrogens with zero attached hydrogens (tertiary/aromatic N) is 3. The number of hydrogen-bond acceptors (Lipinski definition) is 4. The Kier molecular flexibility index (Phi) is 6.11. The molecule has 2 heterocycles. The number of rotatable bonds is 3. The van der Waals surface area contributed by atoms with Crippen LogP contribution in [0.3, 0.4) is 0 Å². The van der Waals surface area contributed by atoms with Crippen LogP contribution in [0.4, 0.5) is 14.6 Å². The molecule has 0 aliphatic heterocycles. The number of hydrogen-bond donors (Lipinski definition) is 1. The van der Waals surface area contributed by atoms with Crippen LogP contribution in [0.15, 0.2) is 60.9 Å². The van der Waals surface area contributed by atoms with E-state index in [0.29, 0.717) is 17.2 Å². The highest BCUT2D eigenvalue weighted by molar-refractivity contribution is 6.15. The Hall–Kier alpha value is -3.12. The Morgan fingerprint density at radius 2 is 1.68 bits per heavy atom. The van der Waals surface area contributed by atoms with Crippen LogP contribution in [0.5, 0.6) is 0 Å². The van der Waals surface area contributed by atoms with Gasteiger partial charge >= 0.3 is 0 Å². The van der Waals surface area contributed by atoms with Gasteiger partial charge in [0.25, 0.3) is 0 Å². The molecule has 0 aliphatic carbocycles. The van der Waals surface area contributed by atoms with E-state index in [1.807, 2.05) is 6.07 Å². The van der Waals surface area contributed by atoms with Gasteiger partial charge in [0.05, 0.1) is 10.9 Å². The average Bonchev–Trinajstić information content (AvgIpc) is 2.76. The monoisotopic (exact) mass is 398 g/mol. The fourth-order valence-electron chi connectivity index (χ4n) is 2.88. The van der Waals surface area contributed by atoms with Gasteiger partial charge in [-0.25, -0.2) is 18.7 Å². The van der Waals surface area contributed by atoms with E-state index < -0.39 is 11.6 Å². The van der Waals surface area contributed by atoms with E-state index in [1.165, 1.54) is 18.5 Å². The molecule has 0 saturated carbocycles. The summed E-state index contributed by atoms with van der Waals surface area (Å²) < 4.78 is 29.3. The third-order valence-electron chi connectivity index (χ3n) is 4.12. The SMILES string of the molecule is CCl.CNc1nc(-c2cccnc2)nc2ccc(-c3ccccc3F)c(F)c12. The summed E-state index contributed by atoms with van der Waals surface area (Å²) in [6.45, 7) is 0. The van der Waals surface area contributed by atoms with Crippen molar-refractivity contribution in [2.45, 2.75) is 0 Å². The summed E-state index contributed by atoms with van der Waals surface area (Å²) in [5, 5.41) is 3.13. The van der Waals surface area contributed by atoms with Crippen molar-refractivity contribution in [3.05, 3.63) is 72.6 Å². The second-order valence-corrected chi connectivity index (χ2v) is 5.69. The van der Waals surface area contributed by atoms with Gasteiger partial charge in [-0.2, -0.15) is 0 Å². The Labute approximate surface area is 166 Å². The van der Waals surface area contributed by atoms with E-state index in [9.17, 15) is 4.39 Å². The lowest BCUT2D eigenvalue weighted by Gasteiger charge is -2.12. The minimum absolute atomic E-state index is 0.171. The zero-order valence-electron chi connectivity index (χ0n) is 15.2. The van der Waals surface area contributed by atoms with Gasteiger partial charge in [-0.3, -0.25) is 4.98 Å². The average molecular weight is 399 g/mol. The Bertz CT molecular complexity index is 1100. The quantitative estimate of drug-likeness (QED) is 0.461. The number of halogens is 3. The van der Waals surface area contributed by atoms with Crippen molar-refractivity contribution >= 4 is 28.3 Å². The zero-order chi connectivity index (χ0) is 20.1. The normalized spacial score (nSPS) is 10.3. The molecule has 1 N–H and O–H groups in total. The second-order valence-electron chi connectivity index (χ2n) is 5.69. The molecule has 0 spiro atoms. The minimum Gasteiger partial charge on any atom is -0.372 e. The third-order valence-corrected chi connectivity index (χ3v) is 4.12. The maximum absolute atomic E-state index is 15.2. The number of alkyl halides is 1. The van der Waals surface area contributed by atoms with E-state index in [0.717, 1.165) is 5.56 Å². The highest BCUT2D eigenvalue weighted by Gasteiger charge is 2.18. The molecule has 0 radical (unpaired) electrons. The fraction of sp³-hybridized carbons (Fsp3) is 0.0952. The largest absolute Gasteiger partial charge is 0.372 e. The molecule has 4 nitrogen and oxygen atoms in total. The van der Waals surface area contributed by atoms with E-state index >= 15 is 4.39 Å². The topological polar surface area (TPSA) is 50.7 Å². The van der Waals surface area contributed by atoms with Crippen molar-refractivity contribution in [3.63, 3.8) is 0 Å². The van der Waals surface area contributed by atoms with Crippen LogP contribution >= 0.6 is 11.6 Å². The molecule has 28 heavy (non-hydrogen) atoms. The number of benzene rings is 2. The molecule has 0 atom stereocenters. The van der Waals surface area contributed by atoms with Crippen molar-refractivity contribution in [2.24, 2.45) is 0 Å². The lowest BCUT2D eigenvalue weighted by molar-refractivity contribution is 0.621. The van der Waals surface area contributed by atoms with Gasteiger partial charge in [0.2, 0.25) is 0 Å². The molecule has 2 aromatic heterocycles. The summed E-state index contributed by atoms with van der Waals surface area (Å²) in [4.78, 5) is 12.9. The van der Waals surface area contributed by atoms with Crippen molar-refractivity contribution in [2.75, 3.05) is 18.7 Å². The first-order chi connectivity index (χ1) is 13.7.